The third-order valence-electron chi connectivity index (χ3n) is 3.09. The minimum absolute atomic E-state index is 0.117. The van der Waals surface area contributed by atoms with E-state index in [0.717, 1.165) is 11.3 Å². The Hall–Kier alpha value is -2.76. The maximum absolute atomic E-state index is 5.89. The molecule has 1 aromatic heterocycles. The molecule has 6 nitrogen and oxygen atoms in total. The summed E-state index contributed by atoms with van der Waals surface area (Å²) in [4.78, 5) is 8.57. The molecule has 0 fully saturated rings. The zero-order chi connectivity index (χ0) is 18.3. The van der Waals surface area contributed by atoms with Gasteiger partial charge in [-0.15, -0.1) is 0 Å². The monoisotopic (exact) mass is 342 g/mol. The zero-order valence-electron chi connectivity index (χ0n) is 15.2. The van der Waals surface area contributed by atoms with Crippen LogP contribution in [0.5, 0.6) is 17.4 Å². The van der Waals surface area contributed by atoms with Crippen LogP contribution in [0.2, 0.25) is 0 Å². The molecule has 0 radical (unpaired) electrons. The molecule has 3 N–H and O–H groups in total. The largest absolute Gasteiger partial charge is 0.494 e. The van der Waals surface area contributed by atoms with Crippen LogP contribution in [0, 0.1) is 0 Å². The van der Waals surface area contributed by atoms with Gasteiger partial charge >= 0.3 is 0 Å². The summed E-state index contributed by atoms with van der Waals surface area (Å²) >= 11 is 0. The molecule has 1 aromatic carbocycles. The first kappa shape index (κ1) is 18.6. The van der Waals surface area contributed by atoms with Gasteiger partial charge in [0.15, 0.2) is 5.96 Å². The Kier molecular flexibility index (Phi) is 6.22. The Morgan fingerprint density at radius 3 is 2.48 bits per heavy atom. The molecule has 0 saturated carbocycles. The topological polar surface area (TPSA) is 81.8 Å². The minimum Gasteiger partial charge on any atom is -0.494 e. The van der Waals surface area contributed by atoms with E-state index in [2.05, 4.69) is 15.3 Å². The summed E-state index contributed by atoms with van der Waals surface area (Å²) in [5.74, 6) is 2.44. The first-order valence-corrected chi connectivity index (χ1v) is 8.29. The van der Waals surface area contributed by atoms with Crippen molar-refractivity contribution >= 4 is 5.96 Å². The Balaban J connectivity index is 1.99. The van der Waals surface area contributed by atoms with Gasteiger partial charge in [0.1, 0.15) is 11.5 Å². The van der Waals surface area contributed by atoms with Gasteiger partial charge in [0.05, 0.1) is 13.2 Å². The molecule has 6 heteroatoms. The van der Waals surface area contributed by atoms with Crippen LogP contribution in [0.1, 0.15) is 33.3 Å². The number of nitrogens with one attached hydrogen (secondary N) is 1. The van der Waals surface area contributed by atoms with E-state index in [1.54, 1.807) is 6.20 Å². The molecule has 0 unspecified atom stereocenters. The predicted molar refractivity (Wildman–Crippen MR) is 100 cm³/mol. The van der Waals surface area contributed by atoms with Gasteiger partial charge in [0.2, 0.25) is 5.88 Å². The maximum atomic E-state index is 5.89. The van der Waals surface area contributed by atoms with Crippen molar-refractivity contribution in [3.05, 3.63) is 48.2 Å². The van der Waals surface area contributed by atoms with Gasteiger partial charge in [0.25, 0.3) is 0 Å². The van der Waals surface area contributed by atoms with Crippen LogP contribution in [0.4, 0.5) is 0 Å². The highest BCUT2D eigenvalue weighted by Gasteiger charge is 2.09. The van der Waals surface area contributed by atoms with Crippen molar-refractivity contribution in [2.75, 3.05) is 6.61 Å². The number of hydrogen-bond acceptors (Lipinski definition) is 4. The summed E-state index contributed by atoms with van der Waals surface area (Å²) in [7, 11) is 0. The number of aromatic nitrogens is 1. The highest BCUT2D eigenvalue weighted by atomic mass is 16.5. The average Bonchev–Trinajstić information content (AvgIpc) is 2.54. The zero-order valence-corrected chi connectivity index (χ0v) is 15.2. The van der Waals surface area contributed by atoms with Crippen molar-refractivity contribution in [3.63, 3.8) is 0 Å². The number of nitrogens with zero attached hydrogens (tertiary/aromatic N) is 2. The van der Waals surface area contributed by atoms with E-state index < -0.39 is 0 Å². The van der Waals surface area contributed by atoms with Gasteiger partial charge in [-0.25, -0.2) is 9.98 Å². The first-order chi connectivity index (χ1) is 11.9. The molecule has 1 heterocycles. The highest BCUT2D eigenvalue weighted by Crippen LogP contribution is 2.23. The summed E-state index contributed by atoms with van der Waals surface area (Å²) in [6, 6.07) is 11.2. The Bertz CT molecular complexity index is 706. The molecule has 0 bridgehead atoms. The van der Waals surface area contributed by atoms with Crippen LogP contribution in [0.15, 0.2) is 47.6 Å². The van der Waals surface area contributed by atoms with Crippen molar-refractivity contribution in [2.24, 2.45) is 10.7 Å². The predicted octanol–water partition coefficient (Wildman–Crippen LogP) is 3.48. The lowest BCUT2D eigenvalue weighted by Crippen LogP contribution is -2.44. The third kappa shape index (κ3) is 6.71. The lowest BCUT2D eigenvalue weighted by atomic mass is 10.1. The number of ether oxygens (including phenoxy) is 2. The van der Waals surface area contributed by atoms with E-state index in [1.807, 2.05) is 64.1 Å². The summed E-state index contributed by atoms with van der Waals surface area (Å²) in [5, 5.41) is 3.13. The van der Waals surface area contributed by atoms with Gasteiger partial charge in [-0.1, -0.05) is 0 Å². The number of rotatable bonds is 6. The SMILES string of the molecule is CCOc1ccc(Oc2cc(CN=C(N)NC(C)(C)C)ccn2)cc1. The van der Waals surface area contributed by atoms with Crippen molar-refractivity contribution in [1.82, 2.24) is 10.3 Å². The molecule has 0 aliphatic heterocycles. The fourth-order valence-corrected chi connectivity index (χ4v) is 2.10. The van der Waals surface area contributed by atoms with E-state index in [9.17, 15) is 0 Å². The molecule has 0 atom stereocenters. The van der Waals surface area contributed by atoms with Gasteiger partial charge in [-0.2, -0.15) is 0 Å². The Labute approximate surface area is 149 Å². The van der Waals surface area contributed by atoms with Crippen LogP contribution >= 0.6 is 0 Å². The lowest BCUT2D eigenvalue weighted by Gasteiger charge is -2.20. The van der Waals surface area contributed by atoms with Crippen LogP contribution in [0.3, 0.4) is 0 Å². The molecule has 0 amide bonds. The van der Waals surface area contributed by atoms with Crippen LogP contribution in [0.25, 0.3) is 0 Å². The van der Waals surface area contributed by atoms with Crippen molar-refractivity contribution in [1.29, 1.82) is 0 Å². The molecule has 134 valence electrons. The molecule has 0 aliphatic carbocycles. The van der Waals surface area contributed by atoms with Crippen molar-refractivity contribution in [3.8, 4) is 17.4 Å². The fraction of sp³-hybridized carbons (Fsp3) is 0.368. The molecular weight excluding hydrogens is 316 g/mol. The summed E-state index contributed by atoms with van der Waals surface area (Å²) in [6.07, 6.45) is 1.70. The van der Waals surface area contributed by atoms with Gasteiger partial charge in [-0.05, 0) is 63.6 Å². The molecule has 0 aliphatic rings. The first-order valence-electron chi connectivity index (χ1n) is 8.29. The van der Waals surface area contributed by atoms with E-state index in [0.29, 0.717) is 30.7 Å². The van der Waals surface area contributed by atoms with Crippen LogP contribution in [-0.4, -0.2) is 23.1 Å². The average molecular weight is 342 g/mol. The lowest BCUT2D eigenvalue weighted by molar-refractivity contribution is 0.339. The van der Waals surface area contributed by atoms with Crippen molar-refractivity contribution < 1.29 is 9.47 Å². The Morgan fingerprint density at radius 2 is 1.84 bits per heavy atom. The molecule has 0 saturated heterocycles. The maximum Gasteiger partial charge on any atom is 0.219 e. The summed E-state index contributed by atoms with van der Waals surface area (Å²) < 4.78 is 11.2. The molecule has 2 aromatic rings. The van der Waals surface area contributed by atoms with Crippen LogP contribution in [-0.2, 0) is 6.54 Å². The fourth-order valence-electron chi connectivity index (χ4n) is 2.10. The quantitative estimate of drug-likeness (QED) is 0.620. The minimum atomic E-state index is -0.117. The van der Waals surface area contributed by atoms with Crippen molar-refractivity contribution in [2.45, 2.75) is 39.8 Å². The summed E-state index contributed by atoms with van der Waals surface area (Å²) in [5.41, 5.74) is 6.74. The van der Waals surface area contributed by atoms with E-state index >= 15 is 0 Å². The molecular formula is C19H26N4O2. The number of benzene rings is 1. The van der Waals surface area contributed by atoms with E-state index in [-0.39, 0.29) is 5.54 Å². The second-order valence-electron chi connectivity index (χ2n) is 6.59. The van der Waals surface area contributed by atoms with Gasteiger partial charge in [0, 0.05) is 17.8 Å². The second-order valence-corrected chi connectivity index (χ2v) is 6.59. The van der Waals surface area contributed by atoms with E-state index in [1.165, 1.54) is 0 Å². The van der Waals surface area contributed by atoms with E-state index in [4.69, 9.17) is 15.2 Å². The third-order valence-corrected chi connectivity index (χ3v) is 3.09. The molecule has 2 rings (SSSR count). The normalized spacial score (nSPS) is 11.9. The number of guanidine groups is 1. The number of nitrogens with two attached hydrogens (primary N) is 1. The van der Waals surface area contributed by atoms with Gasteiger partial charge < -0.3 is 20.5 Å². The summed E-state index contributed by atoms with van der Waals surface area (Å²) in [6.45, 7) is 9.14. The second kappa shape index (κ2) is 8.37. The number of hydrogen-bond donors (Lipinski definition) is 2. The Morgan fingerprint density at radius 1 is 1.16 bits per heavy atom. The van der Waals surface area contributed by atoms with Crippen LogP contribution < -0.4 is 20.5 Å². The molecule has 0 spiro atoms. The smallest absolute Gasteiger partial charge is 0.219 e. The standard InChI is InChI=1S/C19H26N4O2/c1-5-24-15-6-8-16(9-7-15)25-17-12-14(10-11-21-17)13-22-18(20)23-19(2,3)4/h6-12H,5,13H2,1-4H3,(H3,20,22,23). The number of aliphatic imine (C=N–C) groups is 1. The van der Waals surface area contributed by atoms with Gasteiger partial charge in [-0.3, -0.25) is 0 Å². The molecule has 25 heavy (non-hydrogen) atoms. The number of pyridine rings is 1. The highest BCUT2D eigenvalue weighted by molar-refractivity contribution is 5.78.